The minimum absolute atomic E-state index is 0.0162. The lowest BCUT2D eigenvalue weighted by Gasteiger charge is -2.13. The summed E-state index contributed by atoms with van der Waals surface area (Å²) >= 11 is 0. The van der Waals surface area contributed by atoms with E-state index in [2.05, 4.69) is 31.3 Å². The predicted octanol–water partition coefficient (Wildman–Crippen LogP) is 3.08. The molecule has 0 aromatic heterocycles. The van der Waals surface area contributed by atoms with Gasteiger partial charge in [0.1, 0.15) is 0 Å². The van der Waals surface area contributed by atoms with Gasteiger partial charge in [-0.05, 0) is 30.0 Å². The number of benzene rings is 1. The Balaban J connectivity index is 3.09. The molecule has 0 unspecified atom stereocenters. The Morgan fingerprint density at radius 1 is 1.36 bits per heavy atom. The van der Waals surface area contributed by atoms with Crippen LogP contribution in [0.4, 0.5) is 5.69 Å². The first kappa shape index (κ1) is 10.8. The highest BCUT2D eigenvalue weighted by Gasteiger charge is 2.07. The molecule has 2 heteroatoms. The van der Waals surface area contributed by atoms with Crippen LogP contribution in [0.15, 0.2) is 18.2 Å². The number of rotatable bonds is 2. The molecular weight excluding hydrogens is 174 g/mol. The molecule has 0 fully saturated rings. The van der Waals surface area contributed by atoms with E-state index in [0.717, 1.165) is 11.3 Å². The van der Waals surface area contributed by atoms with Crippen LogP contribution in [0.5, 0.6) is 0 Å². The van der Waals surface area contributed by atoms with E-state index < -0.39 is 0 Å². The van der Waals surface area contributed by atoms with Crippen LogP contribution in [-0.2, 0) is 4.79 Å². The molecule has 1 rings (SSSR count). The zero-order valence-corrected chi connectivity index (χ0v) is 9.22. The van der Waals surface area contributed by atoms with Gasteiger partial charge in [0.15, 0.2) is 0 Å². The maximum absolute atomic E-state index is 11.0. The maximum Gasteiger partial charge on any atom is 0.221 e. The second-order valence-electron chi connectivity index (χ2n) is 3.93. The van der Waals surface area contributed by atoms with Gasteiger partial charge in [-0.2, -0.15) is 0 Å². The van der Waals surface area contributed by atoms with Gasteiger partial charge in [-0.25, -0.2) is 0 Å². The van der Waals surface area contributed by atoms with Gasteiger partial charge in [0.05, 0.1) is 0 Å². The van der Waals surface area contributed by atoms with Crippen molar-refractivity contribution in [1.29, 1.82) is 0 Å². The van der Waals surface area contributed by atoms with Gasteiger partial charge in [0.25, 0.3) is 0 Å². The van der Waals surface area contributed by atoms with Crippen LogP contribution < -0.4 is 5.32 Å². The first-order valence-corrected chi connectivity index (χ1v) is 4.89. The molecule has 14 heavy (non-hydrogen) atoms. The zero-order valence-electron chi connectivity index (χ0n) is 9.22. The summed E-state index contributed by atoms with van der Waals surface area (Å²) in [5.41, 5.74) is 3.29. The molecule has 1 amide bonds. The lowest BCUT2D eigenvalue weighted by Crippen LogP contribution is -2.08. The monoisotopic (exact) mass is 191 g/mol. The fraction of sp³-hybridized carbons (Fsp3) is 0.417. The van der Waals surface area contributed by atoms with E-state index in [4.69, 9.17) is 0 Å². The lowest BCUT2D eigenvalue weighted by molar-refractivity contribution is -0.114. The van der Waals surface area contributed by atoms with Gasteiger partial charge in [0.2, 0.25) is 5.91 Å². The molecule has 0 saturated carbocycles. The van der Waals surface area contributed by atoms with E-state index in [1.807, 2.05) is 13.0 Å². The van der Waals surface area contributed by atoms with Crippen LogP contribution in [0.1, 0.15) is 37.8 Å². The Morgan fingerprint density at radius 3 is 2.50 bits per heavy atom. The highest BCUT2D eigenvalue weighted by molar-refractivity contribution is 5.89. The molecule has 0 aliphatic rings. The topological polar surface area (TPSA) is 29.1 Å². The molecule has 2 nitrogen and oxygen atoms in total. The predicted molar refractivity (Wildman–Crippen MR) is 59.6 cm³/mol. The van der Waals surface area contributed by atoms with Gasteiger partial charge in [-0.3, -0.25) is 4.79 Å². The number of hydrogen-bond acceptors (Lipinski definition) is 1. The summed E-state index contributed by atoms with van der Waals surface area (Å²) in [6.07, 6.45) is 0. The molecule has 1 aromatic carbocycles. The van der Waals surface area contributed by atoms with E-state index in [-0.39, 0.29) is 5.91 Å². The van der Waals surface area contributed by atoms with Crippen molar-refractivity contribution >= 4 is 11.6 Å². The van der Waals surface area contributed by atoms with Crippen molar-refractivity contribution in [2.24, 2.45) is 0 Å². The molecule has 0 bridgehead atoms. The van der Waals surface area contributed by atoms with Gasteiger partial charge >= 0.3 is 0 Å². The normalized spacial score (nSPS) is 10.4. The molecular formula is C12H17NO. The Morgan fingerprint density at radius 2 is 2.00 bits per heavy atom. The molecule has 0 radical (unpaired) electrons. The van der Waals surface area contributed by atoms with Crippen LogP contribution in [-0.4, -0.2) is 5.91 Å². The van der Waals surface area contributed by atoms with E-state index in [0.29, 0.717) is 5.92 Å². The van der Waals surface area contributed by atoms with Crippen molar-refractivity contribution in [2.75, 3.05) is 5.32 Å². The molecule has 1 N–H and O–H groups in total. The summed E-state index contributed by atoms with van der Waals surface area (Å²) in [5.74, 6) is 0.412. The van der Waals surface area contributed by atoms with Gasteiger partial charge in [0, 0.05) is 12.6 Å². The molecule has 76 valence electrons. The van der Waals surface area contributed by atoms with Crippen molar-refractivity contribution in [1.82, 2.24) is 0 Å². The first-order chi connectivity index (χ1) is 6.50. The largest absolute Gasteiger partial charge is 0.326 e. The standard InChI is InChI=1S/C12H17NO/c1-8(2)11-6-5-9(3)7-12(11)13-10(4)14/h5-8H,1-4H3,(H,13,14). The highest BCUT2D eigenvalue weighted by Crippen LogP contribution is 2.25. The number of anilines is 1. The van der Waals surface area contributed by atoms with E-state index in [1.165, 1.54) is 12.5 Å². The fourth-order valence-corrected chi connectivity index (χ4v) is 1.47. The molecule has 0 spiro atoms. The summed E-state index contributed by atoms with van der Waals surface area (Å²) in [5, 5.41) is 2.86. The Kier molecular flexibility index (Phi) is 3.28. The summed E-state index contributed by atoms with van der Waals surface area (Å²) in [6.45, 7) is 7.80. The molecule has 1 aromatic rings. The van der Waals surface area contributed by atoms with Crippen LogP contribution in [0.25, 0.3) is 0 Å². The zero-order chi connectivity index (χ0) is 10.7. The SMILES string of the molecule is CC(=O)Nc1cc(C)ccc1C(C)C. The van der Waals surface area contributed by atoms with Gasteiger partial charge < -0.3 is 5.32 Å². The quantitative estimate of drug-likeness (QED) is 0.764. The second-order valence-corrected chi connectivity index (χ2v) is 3.93. The highest BCUT2D eigenvalue weighted by atomic mass is 16.1. The summed E-state index contributed by atoms with van der Waals surface area (Å²) in [6, 6.07) is 6.16. The first-order valence-electron chi connectivity index (χ1n) is 4.89. The Bertz CT molecular complexity index is 342. The Hall–Kier alpha value is -1.31. The number of amides is 1. The molecule has 0 saturated heterocycles. The smallest absolute Gasteiger partial charge is 0.221 e. The maximum atomic E-state index is 11.0. The summed E-state index contributed by atoms with van der Waals surface area (Å²) in [4.78, 5) is 11.0. The van der Waals surface area contributed by atoms with Crippen molar-refractivity contribution < 1.29 is 4.79 Å². The third-order valence-corrected chi connectivity index (χ3v) is 2.14. The van der Waals surface area contributed by atoms with Crippen LogP contribution >= 0.6 is 0 Å². The van der Waals surface area contributed by atoms with Crippen molar-refractivity contribution in [3.63, 3.8) is 0 Å². The average molecular weight is 191 g/mol. The number of aryl methyl sites for hydroxylation is 1. The second kappa shape index (κ2) is 4.27. The van der Waals surface area contributed by atoms with E-state index in [1.54, 1.807) is 0 Å². The number of carbonyl (C=O) groups excluding carboxylic acids is 1. The van der Waals surface area contributed by atoms with Crippen molar-refractivity contribution in [3.8, 4) is 0 Å². The minimum atomic E-state index is -0.0162. The van der Waals surface area contributed by atoms with Crippen LogP contribution in [0.3, 0.4) is 0 Å². The summed E-state index contributed by atoms with van der Waals surface area (Å²) < 4.78 is 0. The summed E-state index contributed by atoms with van der Waals surface area (Å²) in [7, 11) is 0. The van der Waals surface area contributed by atoms with Gasteiger partial charge in [-0.15, -0.1) is 0 Å². The van der Waals surface area contributed by atoms with Crippen LogP contribution in [0, 0.1) is 6.92 Å². The van der Waals surface area contributed by atoms with Crippen LogP contribution in [0.2, 0.25) is 0 Å². The lowest BCUT2D eigenvalue weighted by atomic mass is 9.99. The average Bonchev–Trinajstić information content (AvgIpc) is 2.01. The van der Waals surface area contributed by atoms with E-state index >= 15 is 0 Å². The molecule has 0 heterocycles. The third kappa shape index (κ3) is 2.59. The Labute approximate surface area is 85.3 Å². The molecule has 0 atom stereocenters. The molecule has 0 aliphatic carbocycles. The third-order valence-electron chi connectivity index (χ3n) is 2.14. The molecule has 0 aliphatic heterocycles. The number of carbonyl (C=O) groups is 1. The fourth-order valence-electron chi connectivity index (χ4n) is 1.47. The number of hydrogen-bond donors (Lipinski definition) is 1. The minimum Gasteiger partial charge on any atom is -0.326 e. The number of nitrogens with one attached hydrogen (secondary N) is 1. The van der Waals surface area contributed by atoms with Crippen molar-refractivity contribution in [2.45, 2.75) is 33.6 Å². The van der Waals surface area contributed by atoms with Gasteiger partial charge in [-0.1, -0.05) is 26.0 Å². The van der Waals surface area contributed by atoms with Crippen molar-refractivity contribution in [3.05, 3.63) is 29.3 Å². The van der Waals surface area contributed by atoms with E-state index in [9.17, 15) is 4.79 Å².